The fourth-order valence-electron chi connectivity index (χ4n) is 1.85. The molecule has 0 radical (unpaired) electrons. The molecule has 2 N–H and O–H groups in total. The number of benzene rings is 1. The highest BCUT2D eigenvalue weighted by atomic mass is 79.9. The van der Waals surface area contributed by atoms with Gasteiger partial charge in [0.25, 0.3) is 0 Å². The Bertz CT molecular complexity index is 430. The van der Waals surface area contributed by atoms with Gasteiger partial charge in [0, 0.05) is 16.6 Å². The standard InChI is InChI=1S/C13H18BrClFNO/c1-4-13(3,18-5-2)12(17)8-6-7-9(14)10(15)11(8)16/h6-7,12H,4-5,17H2,1-3H3. The lowest BCUT2D eigenvalue weighted by Crippen LogP contribution is -2.41. The highest BCUT2D eigenvalue weighted by Crippen LogP contribution is 2.36. The second-order valence-corrected chi connectivity index (χ2v) is 5.57. The van der Waals surface area contributed by atoms with Crippen LogP contribution in [-0.2, 0) is 4.74 Å². The van der Waals surface area contributed by atoms with Crippen molar-refractivity contribution in [2.75, 3.05) is 6.61 Å². The molecule has 1 aromatic carbocycles. The smallest absolute Gasteiger partial charge is 0.147 e. The van der Waals surface area contributed by atoms with Crippen LogP contribution < -0.4 is 5.73 Å². The maximum atomic E-state index is 14.1. The van der Waals surface area contributed by atoms with Crippen molar-refractivity contribution in [3.63, 3.8) is 0 Å². The molecular formula is C13H18BrClFNO. The van der Waals surface area contributed by atoms with Crippen LogP contribution in [-0.4, -0.2) is 12.2 Å². The summed E-state index contributed by atoms with van der Waals surface area (Å²) in [6.07, 6.45) is 0.690. The maximum absolute atomic E-state index is 14.1. The molecule has 0 amide bonds. The van der Waals surface area contributed by atoms with Crippen LogP contribution in [0, 0.1) is 5.82 Å². The Morgan fingerprint density at radius 1 is 1.50 bits per heavy atom. The van der Waals surface area contributed by atoms with Crippen LogP contribution in [0.25, 0.3) is 0 Å². The van der Waals surface area contributed by atoms with Crippen LogP contribution in [0.1, 0.15) is 38.8 Å². The van der Waals surface area contributed by atoms with Gasteiger partial charge >= 0.3 is 0 Å². The highest BCUT2D eigenvalue weighted by Gasteiger charge is 2.34. The molecule has 0 bridgehead atoms. The van der Waals surface area contributed by atoms with Crippen molar-refractivity contribution in [3.8, 4) is 0 Å². The zero-order valence-corrected chi connectivity index (χ0v) is 13.1. The summed E-state index contributed by atoms with van der Waals surface area (Å²) >= 11 is 9.06. The first-order valence-electron chi connectivity index (χ1n) is 5.90. The minimum atomic E-state index is -0.604. The molecule has 0 aliphatic carbocycles. The molecule has 102 valence electrons. The lowest BCUT2D eigenvalue weighted by atomic mass is 9.88. The van der Waals surface area contributed by atoms with Crippen molar-refractivity contribution in [1.29, 1.82) is 0 Å². The zero-order chi connectivity index (χ0) is 13.9. The van der Waals surface area contributed by atoms with Gasteiger partial charge in [0.05, 0.1) is 16.7 Å². The van der Waals surface area contributed by atoms with Crippen molar-refractivity contribution in [2.24, 2.45) is 5.73 Å². The molecule has 2 nitrogen and oxygen atoms in total. The number of halogens is 3. The molecule has 0 aliphatic rings. The van der Waals surface area contributed by atoms with E-state index >= 15 is 0 Å². The quantitative estimate of drug-likeness (QED) is 0.805. The summed E-state index contributed by atoms with van der Waals surface area (Å²) in [4.78, 5) is 0. The summed E-state index contributed by atoms with van der Waals surface area (Å²) in [5.74, 6) is -0.488. The molecule has 1 aromatic rings. The number of nitrogens with two attached hydrogens (primary N) is 1. The molecule has 0 saturated heterocycles. The van der Waals surface area contributed by atoms with Crippen molar-refractivity contribution >= 4 is 27.5 Å². The Morgan fingerprint density at radius 3 is 2.61 bits per heavy atom. The van der Waals surface area contributed by atoms with Crippen LogP contribution in [0.5, 0.6) is 0 Å². The van der Waals surface area contributed by atoms with Gasteiger partial charge in [0.2, 0.25) is 0 Å². The predicted molar refractivity (Wildman–Crippen MR) is 76.4 cm³/mol. The average molecular weight is 339 g/mol. The third kappa shape index (κ3) is 3.05. The topological polar surface area (TPSA) is 35.2 Å². The Labute approximate surface area is 121 Å². The van der Waals surface area contributed by atoms with E-state index in [9.17, 15) is 4.39 Å². The Kier molecular flexibility index (Phi) is 5.59. The summed E-state index contributed by atoms with van der Waals surface area (Å²) in [6.45, 7) is 6.28. The van der Waals surface area contributed by atoms with E-state index in [-0.39, 0.29) is 5.02 Å². The van der Waals surface area contributed by atoms with Gasteiger partial charge in [-0.05, 0) is 42.3 Å². The molecule has 2 unspecified atom stereocenters. The normalized spacial score (nSPS) is 16.4. The molecule has 0 saturated carbocycles. The van der Waals surface area contributed by atoms with E-state index in [1.165, 1.54) is 0 Å². The van der Waals surface area contributed by atoms with Gasteiger partial charge in [-0.2, -0.15) is 0 Å². The highest BCUT2D eigenvalue weighted by molar-refractivity contribution is 9.10. The number of hydrogen-bond acceptors (Lipinski definition) is 2. The van der Waals surface area contributed by atoms with E-state index in [1.807, 2.05) is 20.8 Å². The summed E-state index contributed by atoms with van der Waals surface area (Å²) in [7, 11) is 0. The fraction of sp³-hybridized carbons (Fsp3) is 0.538. The van der Waals surface area contributed by atoms with Crippen LogP contribution in [0.4, 0.5) is 4.39 Å². The largest absolute Gasteiger partial charge is 0.374 e. The molecule has 0 fully saturated rings. The maximum Gasteiger partial charge on any atom is 0.147 e. The van der Waals surface area contributed by atoms with E-state index in [0.717, 1.165) is 0 Å². The van der Waals surface area contributed by atoms with Gasteiger partial charge in [0.15, 0.2) is 0 Å². The zero-order valence-electron chi connectivity index (χ0n) is 10.8. The van der Waals surface area contributed by atoms with Gasteiger partial charge in [0.1, 0.15) is 5.82 Å². The second-order valence-electron chi connectivity index (χ2n) is 4.34. The van der Waals surface area contributed by atoms with Gasteiger partial charge in [-0.3, -0.25) is 0 Å². The van der Waals surface area contributed by atoms with Crippen LogP contribution in [0.3, 0.4) is 0 Å². The van der Waals surface area contributed by atoms with E-state index < -0.39 is 17.5 Å². The van der Waals surface area contributed by atoms with Crippen LogP contribution in [0.2, 0.25) is 5.02 Å². The van der Waals surface area contributed by atoms with Crippen LogP contribution in [0.15, 0.2) is 16.6 Å². The van der Waals surface area contributed by atoms with Gasteiger partial charge in [-0.1, -0.05) is 24.6 Å². The fourth-order valence-corrected chi connectivity index (χ4v) is 2.33. The second kappa shape index (κ2) is 6.33. The minimum absolute atomic E-state index is 0.0536. The van der Waals surface area contributed by atoms with Gasteiger partial charge < -0.3 is 10.5 Å². The SMILES string of the molecule is CCOC(C)(CC)C(N)c1ccc(Br)c(Cl)c1F. The molecule has 0 heterocycles. The Balaban J connectivity index is 3.17. The molecule has 18 heavy (non-hydrogen) atoms. The summed E-state index contributed by atoms with van der Waals surface area (Å²) in [5.41, 5.74) is 5.92. The number of hydrogen-bond donors (Lipinski definition) is 1. The molecule has 0 aromatic heterocycles. The van der Waals surface area contributed by atoms with Crippen molar-refractivity contribution in [3.05, 3.63) is 33.0 Å². The Morgan fingerprint density at radius 2 is 2.11 bits per heavy atom. The first kappa shape index (κ1) is 15.9. The van der Waals surface area contributed by atoms with E-state index in [1.54, 1.807) is 12.1 Å². The van der Waals surface area contributed by atoms with E-state index in [4.69, 9.17) is 22.1 Å². The lowest BCUT2D eigenvalue weighted by Gasteiger charge is -2.35. The minimum Gasteiger partial charge on any atom is -0.374 e. The summed E-state index contributed by atoms with van der Waals surface area (Å²) < 4.78 is 20.3. The average Bonchev–Trinajstić information content (AvgIpc) is 2.35. The molecule has 2 atom stereocenters. The number of rotatable bonds is 5. The first-order valence-corrected chi connectivity index (χ1v) is 7.07. The molecular weight excluding hydrogens is 321 g/mol. The van der Waals surface area contributed by atoms with E-state index in [2.05, 4.69) is 15.9 Å². The summed E-state index contributed by atoms with van der Waals surface area (Å²) in [5, 5.41) is 0.0536. The van der Waals surface area contributed by atoms with Crippen molar-refractivity contribution < 1.29 is 9.13 Å². The summed E-state index contributed by atoms with van der Waals surface area (Å²) in [6, 6.07) is 2.78. The first-order chi connectivity index (χ1) is 8.37. The van der Waals surface area contributed by atoms with Crippen molar-refractivity contribution in [1.82, 2.24) is 0 Å². The van der Waals surface area contributed by atoms with E-state index in [0.29, 0.717) is 23.1 Å². The molecule has 5 heteroatoms. The monoisotopic (exact) mass is 337 g/mol. The third-order valence-corrected chi connectivity index (χ3v) is 4.49. The van der Waals surface area contributed by atoms with Gasteiger partial charge in [-0.25, -0.2) is 4.39 Å². The third-order valence-electron chi connectivity index (χ3n) is 3.23. The molecule has 0 spiro atoms. The van der Waals surface area contributed by atoms with Crippen molar-refractivity contribution in [2.45, 2.75) is 38.8 Å². The lowest BCUT2D eigenvalue weighted by molar-refractivity contribution is -0.0479. The Hall–Kier alpha value is -0.160. The van der Waals surface area contributed by atoms with Crippen LogP contribution >= 0.6 is 27.5 Å². The number of ether oxygens (including phenoxy) is 1. The molecule has 1 rings (SSSR count). The molecule has 0 aliphatic heterocycles. The van der Waals surface area contributed by atoms with Gasteiger partial charge in [-0.15, -0.1) is 0 Å². The predicted octanol–water partition coefficient (Wildman–Crippen LogP) is 4.45.